The van der Waals surface area contributed by atoms with Crippen LogP contribution in [0.15, 0.2) is 57.8 Å². The zero-order valence-corrected chi connectivity index (χ0v) is 20.2. The number of nitrogens with zero attached hydrogens (tertiary/aromatic N) is 4. The standard InChI is InChI=1S/C19H18N6O6S3/c1-24(2)34(30,31)15-8-6-12(7-9-15)17(27)21-18-22-23-19(33-18)32-11-16(26)20-13-4-3-5-14(10-13)25(28)29/h3-10H,11H2,1-2H3,(H,20,26)(H,21,22,27). The van der Waals surface area contributed by atoms with Crippen molar-refractivity contribution in [3.8, 4) is 0 Å². The number of carbonyl (C=O) groups excluding carboxylic acids is 2. The lowest BCUT2D eigenvalue weighted by Crippen LogP contribution is -2.22. The second kappa shape index (κ2) is 10.7. The first-order valence-electron chi connectivity index (χ1n) is 9.41. The van der Waals surface area contributed by atoms with E-state index in [4.69, 9.17) is 0 Å². The maximum absolute atomic E-state index is 12.4. The van der Waals surface area contributed by atoms with Crippen molar-refractivity contribution in [2.45, 2.75) is 9.24 Å². The topological polar surface area (TPSA) is 165 Å². The van der Waals surface area contributed by atoms with E-state index in [9.17, 15) is 28.1 Å². The molecule has 0 saturated heterocycles. The van der Waals surface area contributed by atoms with Crippen LogP contribution in [0.3, 0.4) is 0 Å². The number of thioether (sulfide) groups is 1. The van der Waals surface area contributed by atoms with Gasteiger partial charge < -0.3 is 5.32 Å². The Morgan fingerprint density at radius 1 is 1.12 bits per heavy atom. The fraction of sp³-hybridized carbons (Fsp3) is 0.158. The Hall–Kier alpha value is -3.40. The monoisotopic (exact) mass is 522 g/mol. The highest BCUT2D eigenvalue weighted by Crippen LogP contribution is 2.26. The van der Waals surface area contributed by atoms with Crippen LogP contribution in [-0.2, 0) is 14.8 Å². The number of sulfonamides is 1. The van der Waals surface area contributed by atoms with Gasteiger partial charge in [-0.15, -0.1) is 10.2 Å². The molecule has 0 radical (unpaired) electrons. The summed E-state index contributed by atoms with van der Waals surface area (Å²) in [5.41, 5.74) is 0.400. The molecule has 0 aliphatic heterocycles. The lowest BCUT2D eigenvalue weighted by Gasteiger charge is -2.11. The summed E-state index contributed by atoms with van der Waals surface area (Å²) in [5, 5.41) is 23.9. The van der Waals surface area contributed by atoms with Crippen LogP contribution in [0.4, 0.5) is 16.5 Å². The molecule has 12 nitrogen and oxygen atoms in total. The maximum Gasteiger partial charge on any atom is 0.271 e. The van der Waals surface area contributed by atoms with Gasteiger partial charge in [0.2, 0.25) is 21.1 Å². The molecule has 2 amide bonds. The van der Waals surface area contributed by atoms with Gasteiger partial charge in [0, 0.05) is 37.5 Å². The molecule has 1 aromatic heterocycles. The van der Waals surface area contributed by atoms with Crippen molar-refractivity contribution in [1.82, 2.24) is 14.5 Å². The van der Waals surface area contributed by atoms with E-state index in [0.29, 0.717) is 10.0 Å². The molecule has 0 aliphatic rings. The van der Waals surface area contributed by atoms with Crippen LogP contribution in [0.5, 0.6) is 0 Å². The van der Waals surface area contributed by atoms with E-state index >= 15 is 0 Å². The summed E-state index contributed by atoms with van der Waals surface area (Å²) in [7, 11) is -0.768. The van der Waals surface area contributed by atoms with Crippen LogP contribution in [0, 0.1) is 10.1 Å². The van der Waals surface area contributed by atoms with Gasteiger partial charge in [-0.05, 0) is 30.3 Å². The van der Waals surface area contributed by atoms with Gasteiger partial charge in [-0.1, -0.05) is 29.2 Å². The minimum absolute atomic E-state index is 0.0208. The Balaban J connectivity index is 1.54. The van der Waals surface area contributed by atoms with Crippen LogP contribution in [0.1, 0.15) is 10.4 Å². The number of amides is 2. The number of aromatic nitrogens is 2. The van der Waals surface area contributed by atoms with Crippen molar-refractivity contribution in [1.29, 1.82) is 0 Å². The molecule has 0 saturated carbocycles. The molecule has 0 bridgehead atoms. The first kappa shape index (κ1) is 25.2. The summed E-state index contributed by atoms with van der Waals surface area (Å²) < 4.78 is 25.7. The first-order valence-corrected chi connectivity index (χ1v) is 12.6. The molecule has 178 valence electrons. The molecule has 1 heterocycles. The van der Waals surface area contributed by atoms with Crippen molar-refractivity contribution in [3.63, 3.8) is 0 Å². The molecular formula is C19H18N6O6S3. The molecule has 3 rings (SSSR count). The van der Waals surface area contributed by atoms with Gasteiger partial charge in [0.05, 0.1) is 15.6 Å². The number of nitrogens with one attached hydrogen (secondary N) is 2. The number of carbonyl (C=O) groups is 2. The second-order valence-electron chi connectivity index (χ2n) is 6.78. The van der Waals surface area contributed by atoms with Gasteiger partial charge in [-0.2, -0.15) is 0 Å². The fourth-order valence-electron chi connectivity index (χ4n) is 2.50. The third kappa shape index (κ3) is 6.34. The molecule has 0 spiro atoms. The zero-order valence-electron chi connectivity index (χ0n) is 17.8. The van der Waals surface area contributed by atoms with E-state index in [1.165, 1.54) is 62.6 Å². The summed E-state index contributed by atoms with van der Waals surface area (Å²) in [5.74, 6) is -0.906. The highest BCUT2D eigenvalue weighted by Gasteiger charge is 2.18. The first-order chi connectivity index (χ1) is 16.1. The van der Waals surface area contributed by atoms with Gasteiger partial charge in [0.15, 0.2) is 4.34 Å². The lowest BCUT2D eigenvalue weighted by atomic mass is 10.2. The highest BCUT2D eigenvalue weighted by atomic mass is 32.2. The van der Waals surface area contributed by atoms with Gasteiger partial charge in [0.1, 0.15) is 0 Å². The molecule has 0 atom stereocenters. The third-order valence-electron chi connectivity index (χ3n) is 4.19. The minimum atomic E-state index is -3.60. The van der Waals surface area contributed by atoms with E-state index in [1.54, 1.807) is 0 Å². The number of hydrogen-bond acceptors (Lipinski definition) is 10. The number of nitro groups is 1. The van der Waals surface area contributed by atoms with Gasteiger partial charge in [-0.3, -0.25) is 25.0 Å². The number of hydrogen-bond donors (Lipinski definition) is 2. The molecule has 3 aromatic rings. The third-order valence-corrected chi connectivity index (χ3v) is 7.99. The Bertz CT molecular complexity index is 1320. The van der Waals surface area contributed by atoms with E-state index < -0.39 is 20.9 Å². The van der Waals surface area contributed by atoms with Crippen molar-refractivity contribution in [2.75, 3.05) is 30.5 Å². The molecule has 15 heteroatoms. The molecule has 0 fully saturated rings. The average molecular weight is 523 g/mol. The van der Waals surface area contributed by atoms with Crippen LogP contribution >= 0.6 is 23.1 Å². The van der Waals surface area contributed by atoms with Gasteiger partial charge in [-0.25, -0.2) is 12.7 Å². The number of rotatable bonds is 9. The Morgan fingerprint density at radius 2 is 1.82 bits per heavy atom. The Kier molecular flexibility index (Phi) is 7.93. The van der Waals surface area contributed by atoms with E-state index in [1.807, 2.05) is 0 Å². The fourth-order valence-corrected chi connectivity index (χ4v) is 4.95. The SMILES string of the molecule is CN(C)S(=O)(=O)c1ccc(C(=O)Nc2nnc(SCC(=O)Nc3cccc([N+](=O)[O-])c3)s2)cc1. The molecular weight excluding hydrogens is 504 g/mol. The van der Waals surface area contributed by atoms with Crippen molar-refractivity contribution in [2.24, 2.45) is 0 Å². The zero-order chi connectivity index (χ0) is 24.9. The molecule has 0 unspecified atom stereocenters. The average Bonchev–Trinajstić information content (AvgIpc) is 3.25. The number of nitro benzene ring substituents is 1. The van der Waals surface area contributed by atoms with Crippen LogP contribution < -0.4 is 10.6 Å². The summed E-state index contributed by atoms with van der Waals surface area (Å²) in [6, 6.07) is 11.0. The molecule has 2 aromatic carbocycles. The number of benzene rings is 2. The normalized spacial score (nSPS) is 11.3. The molecule has 0 aliphatic carbocycles. The van der Waals surface area contributed by atoms with Crippen LogP contribution in [-0.4, -0.2) is 59.5 Å². The Labute approximate surface area is 202 Å². The smallest absolute Gasteiger partial charge is 0.271 e. The number of anilines is 2. The van der Waals surface area contributed by atoms with E-state index in [-0.39, 0.29) is 32.9 Å². The summed E-state index contributed by atoms with van der Waals surface area (Å²) >= 11 is 2.14. The van der Waals surface area contributed by atoms with E-state index in [2.05, 4.69) is 20.8 Å². The quantitative estimate of drug-likeness (QED) is 0.186. The van der Waals surface area contributed by atoms with Crippen molar-refractivity contribution < 1.29 is 22.9 Å². The highest BCUT2D eigenvalue weighted by molar-refractivity contribution is 8.01. The largest absolute Gasteiger partial charge is 0.325 e. The van der Waals surface area contributed by atoms with E-state index in [0.717, 1.165) is 27.4 Å². The van der Waals surface area contributed by atoms with Crippen LogP contribution in [0.25, 0.3) is 0 Å². The molecule has 34 heavy (non-hydrogen) atoms. The van der Waals surface area contributed by atoms with Gasteiger partial charge >= 0.3 is 0 Å². The van der Waals surface area contributed by atoms with Crippen molar-refractivity contribution in [3.05, 3.63) is 64.2 Å². The predicted octanol–water partition coefficient (Wildman–Crippen LogP) is 2.68. The number of non-ortho nitro benzene ring substituents is 1. The second-order valence-corrected chi connectivity index (χ2v) is 11.1. The van der Waals surface area contributed by atoms with Crippen LogP contribution in [0.2, 0.25) is 0 Å². The van der Waals surface area contributed by atoms with Crippen molar-refractivity contribution >= 4 is 61.4 Å². The molecule has 2 N–H and O–H groups in total. The predicted molar refractivity (Wildman–Crippen MR) is 128 cm³/mol. The Morgan fingerprint density at radius 3 is 2.47 bits per heavy atom. The summed E-state index contributed by atoms with van der Waals surface area (Å²) in [6.07, 6.45) is 0. The minimum Gasteiger partial charge on any atom is -0.325 e. The van der Waals surface area contributed by atoms with Gasteiger partial charge in [0.25, 0.3) is 11.6 Å². The summed E-state index contributed by atoms with van der Waals surface area (Å²) in [4.78, 5) is 34.9. The lowest BCUT2D eigenvalue weighted by molar-refractivity contribution is -0.384. The maximum atomic E-state index is 12.4. The summed E-state index contributed by atoms with van der Waals surface area (Å²) in [6.45, 7) is 0.